The van der Waals surface area contributed by atoms with Crippen LogP contribution in [0.4, 0.5) is 5.82 Å². The molecule has 0 saturated carbocycles. The van der Waals surface area contributed by atoms with E-state index in [1.807, 2.05) is 6.92 Å². The molecule has 0 aliphatic carbocycles. The number of rotatable bonds is 3. The molecule has 1 aliphatic rings. The van der Waals surface area contributed by atoms with E-state index >= 15 is 0 Å². The Kier molecular flexibility index (Phi) is 3.95. The molecule has 2 unspecified atom stereocenters. The van der Waals surface area contributed by atoms with Gasteiger partial charge in [0.2, 0.25) is 0 Å². The number of nitrogens with zero attached hydrogens (tertiary/aromatic N) is 3. The molecule has 2 aromatic heterocycles. The van der Waals surface area contributed by atoms with Gasteiger partial charge in [-0.05, 0) is 37.8 Å². The number of anilines is 1. The Labute approximate surface area is 126 Å². The summed E-state index contributed by atoms with van der Waals surface area (Å²) in [6.45, 7) is 7.47. The average Bonchev–Trinajstić information content (AvgIpc) is 2.96. The second-order valence-corrected chi connectivity index (χ2v) is 6.01. The van der Waals surface area contributed by atoms with E-state index < -0.39 is 0 Å². The number of piperidine rings is 1. The van der Waals surface area contributed by atoms with Crippen LogP contribution in [0.15, 0.2) is 28.9 Å². The fraction of sp³-hybridized carbons (Fsp3) is 0.529. The molecule has 2 atom stereocenters. The Balaban J connectivity index is 1.93. The van der Waals surface area contributed by atoms with Gasteiger partial charge in [0.25, 0.3) is 0 Å². The second kappa shape index (κ2) is 5.88. The van der Waals surface area contributed by atoms with E-state index in [0.717, 1.165) is 42.4 Å². The van der Waals surface area contributed by atoms with Gasteiger partial charge in [0.15, 0.2) is 0 Å². The highest BCUT2D eigenvalue weighted by molar-refractivity contribution is 5.42. The molecule has 4 heteroatoms. The van der Waals surface area contributed by atoms with Gasteiger partial charge in [-0.15, -0.1) is 0 Å². The molecule has 1 saturated heterocycles. The Morgan fingerprint density at radius 1 is 1.33 bits per heavy atom. The van der Waals surface area contributed by atoms with Crippen LogP contribution in [0.3, 0.4) is 0 Å². The summed E-state index contributed by atoms with van der Waals surface area (Å²) >= 11 is 0. The van der Waals surface area contributed by atoms with Crippen LogP contribution in [-0.2, 0) is 6.42 Å². The van der Waals surface area contributed by atoms with Crippen LogP contribution in [0.5, 0.6) is 0 Å². The van der Waals surface area contributed by atoms with Crippen molar-refractivity contribution in [3.63, 3.8) is 0 Å². The predicted octanol–water partition coefficient (Wildman–Crippen LogP) is 3.92. The SMILES string of the molecule is CCc1ccc(C2CC(C)CCN2c2cc(C)ncn2)o1. The van der Waals surface area contributed by atoms with Crippen LogP contribution in [-0.4, -0.2) is 16.5 Å². The lowest BCUT2D eigenvalue weighted by molar-refractivity contribution is 0.321. The third kappa shape index (κ3) is 2.94. The molecular formula is C17H23N3O. The van der Waals surface area contributed by atoms with E-state index in [1.165, 1.54) is 6.42 Å². The van der Waals surface area contributed by atoms with Gasteiger partial charge in [0.05, 0.1) is 6.04 Å². The minimum atomic E-state index is 0.281. The average molecular weight is 285 g/mol. The first kappa shape index (κ1) is 14.1. The zero-order chi connectivity index (χ0) is 14.8. The summed E-state index contributed by atoms with van der Waals surface area (Å²) in [5.74, 6) is 3.84. The molecule has 1 fully saturated rings. The molecule has 3 rings (SSSR count). The summed E-state index contributed by atoms with van der Waals surface area (Å²) < 4.78 is 6.02. The lowest BCUT2D eigenvalue weighted by Gasteiger charge is -2.38. The van der Waals surface area contributed by atoms with E-state index in [-0.39, 0.29) is 6.04 Å². The summed E-state index contributed by atoms with van der Waals surface area (Å²) in [6, 6.07) is 6.57. The first-order valence-corrected chi connectivity index (χ1v) is 7.81. The molecule has 0 spiro atoms. The highest BCUT2D eigenvalue weighted by Gasteiger charge is 2.30. The van der Waals surface area contributed by atoms with Crippen molar-refractivity contribution in [1.29, 1.82) is 0 Å². The third-order valence-corrected chi connectivity index (χ3v) is 4.31. The number of aryl methyl sites for hydroxylation is 2. The highest BCUT2D eigenvalue weighted by Crippen LogP contribution is 2.37. The molecule has 0 bridgehead atoms. The fourth-order valence-corrected chi connectivity index (χ4v) is 3.05. The standard InChI is InChI=1S/C17H23N3O/c1-4-14-5-6-16(21-14)15-9-12(2)7-8-20(15)17-10-13(3)18-11-19-17/h5-6,10-12,15H,4,7-9H2,1-3H3. The maximum absolute atomic E-state index is 6.02. The third-order valence-electron chi connectivity index (χ3n) is 4.31. The van der Waals surface area contributed by atoms with Crippen LogP contribution >= 0.6 is 0 Å². The molecule has 1 aliphatic heterocycles. The van der Waals surface area contributed by atoms with Crippen molar-refractivity contribution in [1.82, 2.24) is 9.97 Å². The van der Waals surface area contributed by atoms with E-state index in [2.05, 4.69) is 46.9 Å². The molecule has 3 heterocycles. The fourth-order valence-electron chi connectivity index (χ4n) is 3.05. The van der Waals surface area contributed by atoms with Crippen LogP contribution in [0, 0.1) is 12.8 Å². The van der Waals surface area contributed by atoms with Gasteiger partial charge in [-0.2, -0.15) is 0 Å². The second-order valence-electron chi connectivity index (χ2n) is 6.01. The number of hydrogen-bond donors (Lipinski definition) is 0. The van der Waals surface area contributed by atoms with Gasteiger partial charge in [0, 0.05) is 24.7 Å². The molecular weight excluding hydrogens is 262 g/mol. The molecule has 0 radical (unpaired) electrons. The van der Waals surface area contributed by atoms with Crippen molar-refractivity contribution in [2.45, 2.75) is 46.1 Å². The van der Waals surface area contributed by atoms with E-state index in [1.54, 1.807) is 6.33 Å². The Morgan fingerprint density at radius 2 is 2.19 bits per heavy atom. The number of aromatic nitrogens is 2. The van der Waals surface area contributed by atoms with Crippen molar-refractivity contribution in [2.24, 2.45) is 5.92 Å². The number of furan rings is 1. The smallest absolute Gasteiger partial charge is 0.132 e. The maximum atomic E-state index is 6.02. The van der Waals surface area contributed by atoms with Crippen molar-refractivity contribution in [3.05, 3.63) is 41.7 Å². The topological polar surface area (TPSA) is 42.2 Å². The molecule has 4 nitrogen and oxygen atoms in total. The van der Waals surface area contributed by atoms with Gasteiger partial charge < -0.3 is 9.32 Å². The van der Waals surface area contributed by atoms with Crippen molar-refractivity contribution in [2.75, 3.05) is 11.4 Å². The lowest BCUT2D eigenvalue weighted by Crippen LogP contribution is -2.36. The van der Waals surface area contributed by atoms with E-state index in [0.29, 0.717) is 5.92 Å². The minimum absolute atomic E-state index is 0.281. The van der Waals surface area contributed by atoms with Gasteiger partial charge in [-0.3, -0.25) is 0 Å². The summed E-state index contributed by atoms with van der Waals surface area (Å²) in [4.78, 5) is 11.0. The number of hydrogen-bond acceptors (Lipinski definition) is 4. The van der Waals surface area contributed by atoms with Gasteiger partial charge in [0.1, 0.15) is 23.7 Å². The van der Waals surface area contributed by atoms with E-state index in [9.17, 15) is 0 Å². The van der Waals surface area contributed by atoms with Crippen molar-refractivity contribution < 1.29 is 4.42 Å². The zero-order valence-corrected chi connectivity index (χ0v) is 13.0. The van der Waals surface area contributed by atoms with Crippen LogP contribution < -0.4 is 4.90 Å². The largest absolute Gasteiger partial charge is 0.464 e. The van der Waals surface area contributed by atoms with Gasteiger partial charge in [-0.25, -0.2) is 9.97 Å². The lowest BCUT2D eigenvalue weighted by atomic mass is 9.91. The predicted molar refractivity (Wildman–Crippen MR) is 83.3 cm³/mol. The van der Waals surface area contributed by atoms with Crippen LogP contribution in [0.1, 0.15) is 49.9 Å². The first-order chi connectivity index (χ1) is 10.2. The van der Waals surface area contributed by atoms with Crippen LogP contribution in [0.2, 0.25) is 0 Å². The Morgan fingerprint density at radius 3 is 2.90 bits per heavy atom. The molecule has 0 N–H and O–H groups in total. The first-order valence-electron chi connectivity index (χ1n) is 7.81. The van der Waals surface area contributed by atoms with Crippen molar-refractivity contribution >= 4 is 5.82 Å². The molecule has 2 aromatic rings. The summed E-state index contributed by atoms with van der Waals surface area (Å²) in [5.41, 5.74) is 1.01. The normalized spacial score (nSPS) is 22.5. The summed E-state index contributed by atoms with van der Waals surface area (Å²) in [5, 5.41) is 0. The summed E-state index contributed by atoms with van der Waals surface area (Å²) in [6.07, 6.45) is 4.90. The molecule has 0 aromatic carbocycles. The van der Waals surface area contributed by atoms with Gasteiger partial charge in [-0.1, -0.05) is 13.8 Å². The Bertz CT molecular complexity index is 608. The molecule has 112 valence electrons. The molecule has 0 amide bonds. The maximum Gasteiger partial charge on any atom is 0.132 e. The zero-order valence-electron chi connectivity index (χ0n) is 13.0. The Hall–Kier alpha value is -1.84. The summed E-state index contributed by atoms with van der Waals surface area (Å²) in [7, 11) is 0. The van der Waals surface area contributed by atoms with E-state index in [4.69, 9.17) is 4.42 Å². The minimum Gasteiger partial charge on any atom is -0.464 e. The monoisotopic (exact) mass is 285 g/mol. The van der Waals surface area contributed by atoms with Crippen molar-refractivity contribution in [3.8, 4) is 0 Å². The molecule has 21 heavy (non-hydrogen) atoms. The quantitative estimate of drug-likeness (QED) is 0.857. The van der Waals surface area contributed by atoms with Crippen LogP contribution in [0.25, 0.3) is 0 Å². The highest BCUT2D eigenvalue weighted by atomic mass is 16.3. The van der Waals surface area contributed by atoms with Gasteiger partial charge >= 0.3 is 0 Å².